The Morgan fingerprint density at radius 2 is 1.70 bits per heavy atom. The van der Waals surface area contributed by atoms with Crippen molar-refractivity contribution in [1.82, 2.24) is 4.98 Å². The highest BCUT2D eigenvalue weighted by molar-refractivity contribution is 5.91. The van der Waals surface area contributed by atoms with E-state index >= 15 is 0 Å². The van der Waals surface area contributed by atoms with Crippen LogP contribution in [0.2, 0.25) is 0 Å². The molecular weight excluding hydrogens is 258 g/mol. The number of ether oxygens (including phenoxy) is 3. The van der Waals surface area contributed by atoms with Crippen molar-refractivity contribution in [2.24, 2.45) is 0 Å². The first kappa shape index (κ1) is 13.9. The fourth-order valence-corrected chi connectivity index (χ4v) is 1.66. The van der Waals surface area contributed by atoms with Crippen LogP contribution in [0.25, 0.3) is 0 Å². The van der Waals surface area contributed by atoms with Crippen LogP contribution in [0.3, 0.4) is 0 Å². The lowest BCUT2D eigenvalue weighted by atomic mass is 10.2. The van der Waals surface area contributed by atoms with Gasteiger partial charge in [-0.1, -0.05) is 6.07 Å². The molecule has 1 aromatic carbocycles. The van der Waals surface area contributed by atoms with E-state index in [1.807, 2.05) is 6.92 Å². The molecule has 5 nitrogen and oxygen atoms in total. The summed E-state index contributed by atoms with van der Waals surface area (Å²) < 4.78 is 15.7. The Bertz CT molecular complexity index is 586. The third kappa shape index (κ3) is 2.88. The zero-order chi connectivity index (χ0) is 14.5. The molecule has 0 aliphatic heterocycles. The lowest BCUT2D eigenvalue weighted by Crippen LogP contribution is -2.10. The number of carbonyl (C=O) groups excluding carboxylic acids is 1. The number of methoxy groups -OCH3 is 2. The smallest absolute Gasteiger partial charge is 0.345 e. The van der Waals surface area contributed by atoms with Crippen LogP contribution >= 0.6 is 0 Å². The summed E-state index contributed by atoms with van der Waals surface area (Å²) in [5, 5.41) is 0. The van der Waals surface area contributed by atoms with Crippen molar-refractivity contribution < 1.29 is 19.0 Å². The third-order valence-corrected chi connectivity index (χ3v) is 2.72. The van der Waals surface area contributed by atoms with E-state index in [4.69, 9.17) is 14.2 Å². The van der Waals surface area contributed by atoms with Crippen molar-refractivity contribution >= 4 is 5.97 Å². The molecule has 1 aromatic heterocycles. The van der Waals surface area contributed by atoms with E-state index in [0.717, 1.165) is 5.69 Å². The monoisotopic (exact) mass is 273 g/mol. The number of esters is 1. The molecule has 0 atom stereocenters. The summed E-state index contributed by atoms with van der Waals surface area (Å²) in [5.74, 6) is 0.596. The van der Waals surface area contributed by atoms with Crippen molar-refractivity contribution in [3.8, 4) is 17.2 Å². The van der Waals surface area contributed by atoms with Crippen molar-refractivity contribution in [2.45, 2.75) is 6.92 Å². The van der Waals surface area contributed by atoms with Crippen LogP contribution in [-0.4, -0.2) is 25.2 Å². The average molecular weight is 273 g/mol. The van der Waals surface area contributed by atoms with Gasteiger partial charge >= 0.3 is 5.97 Å². The molecule has 0 unspecified atom stereocenters. The molecule has 0 saturated carbocycles. The minimum atomic E-state index is -0.514. The van der Waals surface area contributed by atoms with Gasteiger partial charge in [0.2, 0.25) is 5.75 Å². The van der Waals surface area contributed by atoms with Crippen LogP contribution in [-0.2, 0) is 0 Å². The van der Waals surface area contributed by atoms with E-state index < -0.39 is 5.97 Å². The number of hydrogen-bond donors (Lipinski definition) is 0. The Labute approximate surface area is 117 Å². The first-order valence-corrected chi connectivity index (χ1v) is 6.01. The largest absolute Gasteiger partial charge is 0.493 e. The summed E-state index contributed by atoms with van der Waals surface area (Å²) in [5.41, 5.74) is 1.19. The molecule has 0 spiro atoms. The Morgan fingerprint density at radius 1 is 1.05 bits per heavy atom. The number of rotatable bonds is 4. The van der Waals surface area contributed by atoms with Gasteiger partial charge in [0.05, 0.1) is 19.8 Å². The number of nitrogens with zero attached hydrogens (tertiary/aromatic N) is 1. The predicted octanol–water partition coefficient (Wildman–Crippen LogP) is 2.63. The van der Waals surface area contributed by atoms with Crippen molar-refractivity contribution in [3.63, 3.8) is 0 Å². The van der Waals surface area contributed by atoms with Gasteiger partial charge in [-0.2, -0.15) is 0 Å². The van der Waals surface area contributed by atoms with Gasteiger partial charge in [-0.05, 0) is 31.2 Å². The quantitative estimate of drug-likeness (QED) is 0.633. The van der Waals surface area contributed by atoms with E-state index in [1.165, 1.54) is 20.4 Å². The summed E-state index contributed by atoms with van der Waals surface area (Å²) in [7, 11) is 3.00. The second kappa shape index (κ2) is 6.06. The lowest BCUT2D eigenvalue weighted by Gasteiger charge is -2.12. The Kier molecular flexibility index (Phi) is 4.20. The number of para-hydroxylation sites is 1. The topological polar surface area (TPSA) is 57.7 Å². The molecule has 5 heteroatoms. The van der Waals surface area contributed by atoms with Crippen LogP contribution in [0.1, 0.15) is 16.1 Å². The number of carbonyl (C=O) groups is 1. The molecule has 0 aliphatic carbocycles. The molecule has 0 radical (unpaired) electrons. The number of aromatic nitrogens is 1. The van der Waals surface area contributed by atoms with Gasteiger partial charge in [-0.25, -0.2) is 4.79 Å². The van der Waals surface area contributed by atoms with Crippen LogP contribution in [0, 0.1) is 6.92 Å². The van der Waals surface area contributed by atoms with E-state index in [9.17, 15) is 4.79 Å². The second-order valence-corrected chi connectivity index (χ2v) is 4.07. The van der Waals surface area contributed by atoms with Crippen molar-refractivity contribution in [2.75, 3.05) is 14.2 Å². The summed E-state index contributed by atoms with van der Waals surface area (Å²) in [4.78, 5) is 16.2. The number of aryl methyl sites for hydroxylation is 1. The molecule has 0 amide bonds. The fraction of sp³-hybridized carbons (Fsp3) is 0.200. The predicted molar refractivity (Wildman–Crippen MR) is 73.5 cm³/mol. The molecule has 0 saturated heterocycles. The lowest BCUT2D eigenvalue weighted by molar-refractivity contribution is 0.0724. The molecule has 104 valence electrons. The molecular formula is C15H15NO4. The maximum atomic E-state index is 12.1. The average Bonchev–Trinajstić information content (AvgIpc) is 2.48. The van der Waals surface area contributed by atoms with Gasteiger partial charge in [0, 0.05) is 11.9 Å². The Balaban J connectivity index is 2.29. The number of pyridine rings is 1. The number of hydrogen-bond acceptors (Lipinski definition) is 5. The summed E-state index contributed by atoms with van der Waals surface area (Å²) in [6.07, 6.45) is 1.47. The highest BCUT2D eigenvalue weighted by atomic mass is 16.6. The van der Waals surface area contributed by atoms with Crippen LogP contribution < -0.4 is 14.2 Å². The first-order chi connectivity index (χ1) is 9.65. The van der Waals surface area contributed by atoms with Gasteiger partial charge < -0.3 is 14.2 Å². The zero-order valence-corrected chi connectivity index (χ0v) is 11.5. The zero-order valence-electron chi connectivity index (χ0n) is 11.5. The van der Waals surface area contributed by atoms with E-state index in [-0.39, 0.29) is 5.75 Å². The molecule has 0 bridgehead atoms. The molecule has 2 aromatic rings. The van der Waals surface area contributed by atoms with Gasteiger partial charge in [0.15, 0.2) is 11.5 Å². The SMILES string of the molecule is COc1cccc(OC)c1OC(=O)c1ccc(C)nc1. The molecule has 0 aliphatic rings. The Morgan fingerprint density at radius 3 is 2.20 bits per heavy atom. The number of benzene rings is 1. The highest BCUT2D eigenvalue weighted by Gasteiger charge is 2.17. The summed E-state index contributed by atoms with van der Waals surface area (Å²) >= 11 is 0. The van der Waals surface area contributed by atoms with Gasteiger partial charge in [0.1, 0.15) is 0 Å². The first-order valence-electron chi connectivity index (χ1n) is 6.01. The highest BCUT2D eigenvalue weighted by Crippen LogP contribution is 2.37. The molecule has 20 heavy (non-hydrogen) atoms. The molecule has 2 rings (SSSR count). The van der Waals surface area contributed by atoms with Crippen LogP contribution in [0.4, 0.5) is 0 Å². The minimum Gasteiger partial charge on any atom is -0.493 e. The third-order valence-electron chi connectivity index (χ3n) is 2.72. The Hall–Kier alpha value is -2.56. The van der Waals surface area contributed by atoms with Gasteiger partial charge in [0.25, 0.3) is 0 Å². The normalized spacial score (nSPS) is 9.95. The maximum Gasteiger partial charge on any atom is 0.345 e. The molecule has 1 heterocycles. The van der Waals surface area contributed by atoms with Gasteiger partial charge in [-0.3, -0.25) is 4.98 Å². The van der Waals surface area contributed by atoms with E-state index in [0.29, 0.717) is 17.1 Å². The minimum absolute atomic E-state index is 0.253. The summed E-state index contributed by atoms with van der Waals surface area (Å²) in [6.45, 7) is 1.85. The van der Waals surface area contributed by atoms with Crippen LogP contribution in [0.15, 0.2) is 36.5 Å². The summed E-state index contributed by atoms with van der Waals surface area (Å²) in [6, 6.07) is 8.54. The standard InChI is InChI=1S/C15H15NO4/c1-10-7-8-11(9-16-10)15(17)20-14-12(18-2)5-4-6-13(14)19-3/h4-9H,1-3H3. The van der Waals surface area contributed by atoms with E-state index in [1.54, 1.807) is 30.3 Å². The van der Waals surface area contributed by atoms with Crippen molar-refractivity contribution in [1.29, 1.82) is 0 Å². The van der Waals surface area contributed by atoms with E-state index in [2.05, 4.69) is 4.98 Å². The van der Waals surface area contributed by atoms with Crippen molar-refractivity contribution in [3.05, 3.63) is 47.8 Å². The van der Waals surface area contributed by atoms with Gasteiger partial charge in [-0.15, -0.1) is 0 Å². The second-order valence-electron chi connectivity index (χ2n) is 4.07. The molecule has 0 fully saturated rings. The molecule has 0 N–H and O–H groups in total. The van der Waals surface area contributed by atoms with Crippen LogP contribution in [0.5, 0.6) is 17.2 Å². The fourth-order valence-electron chi connectivity index (χ4n) is 1.66. The maximum absolute atomic E-state index is 12.1.